The predicted octanol–water partition coefficient (Wildman–Crippen LogP) is 3.53. The number of nitrogens with zero attached hydrogens (tertiary/aromatic N) is 1. The van der Waals surface area contributed by atoms with Gasteiger partial charge in [0.2, 0.25) is 5.88 Å². The molecule has 0 aliphatic rings. The lowest BCUT2D eigenvalue weighted by Gasteiger charge is -2.08. The van der Waals surface area contributed by atoms with Gasteiger partial charge in [-0.05, 0) is 18.2 Å². The van der Waals surface area contributed by atoms with Crippen molar-refractivity contribution in [2.45, 2.75) is 20.1 Å². The monoisotopic (exact) mass is 320 g/mol. The van der Waals surface area contributed by atoms with Gasteiger partial charge in [0, 0.05) is 28.8 Å². The SMILES string of the molecule is CCNCc1ccc(OCc2ccccc2Br)nc1. The van der Waals surface area contributed by atoms with Crippen molar-refractivity contribution in [1.29, 1.82) is 0 Å². The molecule has 0 fully saturated rings. The normalized spacial score (nSPS) is 10.4. The summed E-state index contributed by atoms with van der Waals surface area (Å²) in [6.07, 6.45) is 1.85. The predicted molar refractivity (Wildman–Crippen MR) is 80.1 cm³/mol. The largest absolute Gasteiger partial charge is 0.473 e. The van der Waals surface area contributed by atoms with Crippen molar-refractivity contribution in [3.8, 4) is 5.88 Å². The van der Waals surface area contributed by atoms with Gasteiger partial charge in [-0.25, -0.2) is 4.98 Å². The topological polar surface area (TPSA) is 34.1 Å². The van der Waals surface area contributed by atoms with Crippen molar-refractivity contribution in [1.82, 2.24) is 10.3 Å². The second-order valence-electron chi connectivity index (χ2n) is 4.17. The molecule has 2 aromatic rings. The lowest BCUT2D eigenvalue weighted by molar-refractivity contribution is 0.293. The minimum absolute atomic E-state index is 0.515. The third-order valence-corrected chi connectivity index (χ3v) is 3.48. The van der Waals surface area contributed by atoms with Crippen LogP contribution in [-0.4, -0.2) is 11.5 Å². The molecule has 19 heavy (non-hydrogen) atoms. The summed E-state index contributed by atoms with van der Waals surface area (Å²) in [7, 11) is 0. The molecule has 3 nitrogen and oxygen atoms in total. The number of benzene rings is 1. The molecule has 0 amide bonds. The van der Waals surface area contributed by atoms with Gasteiger partial charge in [-0.3, -0.25) is 0 Å². The van der Waals surface area contributed by atoms with Gasteiger partial charge in [0.05, 0.1) is 0 Å². The lowest BCUT2D eigenvalue weighted by Crippen LogP contribution is -2.11. The number of ether oxygens (including phenoxy) is 1. The van der Waals surface area contributed by atoms with E-state index < -0.39 is 0 Å². The molecule has 0 aliphatic heterocycles. The van der Waals surface area contributed by atoms with Crippen LogP contribution in [0.4, 0.5) is 0 Å². The summed E-state index contributed by atoms with van der Waals surface area (Å²) in [5, 5.41) is 3.26. The molecule has 0 aliphatic carbocycles. The average Bonchev–Trinajstić information content (AvgIpc) is 2.45. The first kappa shape index (κ1) is 14.0. The van der Waals surface area contributed by atoms with Gasteiger partial charge in [-0.1, -0.05) is 47.1 Å². The Morgan fingerprint density at radius 3 is 2.74 bits per heavy atom. The lowest BCUT2D eigenvalue weighted by atomic mass is 10.2. The van der Waals surface area contributed by atoms with E-state index in [0.29, 0.717) is 12.5 Å². The van der Waals surface area contributed by atoms with Crippen LogP contribution >= 0.6 is 15.9 Å². The van der Waals surface area contributed by atoms with Gasteiger partial charge >= 0.3 is 0 Å². The summed E-state index contributed by atoms with van der Waals surface area (Å²) in [6.45, 7) is 4.40. The maximum atomic E-state index is 5.67. The molecule has 1 aromatic carbocycles. The average molecular weight is 321 g/mol. The smallest absolute Gasteiger partial charge is 0.213 e. The molecule has 1 heterocycles. The summed E-state index contributed by atoms with van der Waals surface area (Å²) < 4.78 is 6.73. The minimum Gasteiger partial charge on any atom is -0.473 e. The first-order valence-electron chi connectivity index (χ1n) is 6.31. The standard InChI is InChI=1S/C15H17BrN2O/c1-2-17-9-12-7-8-15(18-10-12)19-11-13-5-3-4-6-14(13)16/h3-8,10,17H,2,9,11H2,1H3. The molecule has 2 rings (SSSR count). The zero-order valence-electron chi connectivity index (χ0n) is 10.9. The third-order valence-electron chi connectivity index (χ3n) is 2.71. The summed E-state index contributed by atoms with van der Waals surface area (Å²) in [5.41, 5.74) is 2.27. The second kappa shape index (κ2) is 7.26. The highest BCUT2D eigenvalue weighted by molar-refractivity contribution is 9.10. The number of aromatic nitrogens is 1. The number of halogens is 1. The quantitative estimate of drug-likeness (QED) is 0.884. The Bertz CT molecular complexity index is 514. The third kappa shape index (κ3) is 4.33. The second-order valence-corrected chi connectivity index (χ2v) is 5.02. The molecule has 0 radical (unpaired) electrons. The Balaban J connectivity index is 1.91. The van der Waals surface area contributed by atoms with Gasteiger partial charge in [-0.15, -0.1) is 0 Å². The van der Waals surface area contributed by atoms with Crippen molar-refractivity contribution in [2.75, 3.05) is 6.54 Å². The van der Waals surface area contributed by atoms with Crippen molar-refractivity contribution in [2.24, 2.45) is 0 Å². The highest BCUT2D eigenvalue weighted by Gasteiger charge is 2.01. The molecule has 100 valence electrons. The van der Waals surface area contributed by atoms with Crippen molar-refractivity contribution >= 4 is 15.9 Å². The fourth-order valence-electron chi connectivity index (χ4n) is 1.64. The number of pyridine rings is 1. The van der Waals surface area contributed by atoms with Crippen LogP contribution in [0.15, 0.2) is 47.1 Å². The summed E-state index contributed by atoms with van der Waals surface area (Å²) in [4.78, 5) is 4.30. The molecule has 0 bridgehead atoms. The van der Waals surface area contributed by atoms with E-state index in [1.54, 1.807) is 0 Å². The highest BCUT2D eigenvalue weighted by Crippen LogP contribution is 2.18. The maximum absolute atomic E-state index is 5.67. The molecule has 1 N–H and O–H groups in total. The van der Waals surface area contributed by atoms with Gasteiger partial charge < -0.3 is 10.1 Å². The number of hydrogen-bond acceptors (Lipinski definition) is 3. The highest BCUT2D eigenvalue weighted by atomic mass is 79.9. The van der Waals surface area contributed by atoms with E-state index in [4.69, 9.17) is 4.74 Å². The Morgan fingerprint density at radius 1 is 1.21 bits per heavy atom. The van der Waals surface area contributed by atoms with Crippen LogP contribution in [0.25, 0.3) is 0 Å². The Labute approximate surface area is 122 Å². The Kier molecular flexibility index (Phi) is 5.36. The Hall–Kier alpha value is -1.39. The van der Waals surface area contributed by atoms with Crippen molar-refractivity contribution in [3.63, 3.8) is 0 Å². The van der Waals surface area contributed by atoms with Gasteiger partial charge in [0.25, 0.3) is 0 Å². The van der Waals surface area contributed by atoms with Gasteiger partial charge in [0.15, 0.2) is 0 Å². The molecule has 0 saturated heterocycles. The zero-order chi connectivity index (χ0) is 13.5. The minimum atomic E-state index is 0.515. The van der Waals surface area contributed by atoms with Gasteiger partial charge in [-0.2, -0.15) is 0 Å². The fourth-order valence-corrected chi connectivity index (χ4v) is 2.04. The van der Waals surface area contributed by atoms with Crippen LogP contribution < -0.4 is 10.1 Å². The first-order chi connectivity index (χ1) is 9.29. The molecular formula is C15H17BrN2O. The molecule has 0 spiro atoms. The summed E-state index contributed by atoms with van der Waals surface area (Å²) in [5.74, 6) is 0.649. The van der Waals surface area contributed by atoms with E-state index >= 15 is 0 Å². The fraction of sp³-hybridized carbons (Fsp3) is 0.267. The number of hydrogen-bond donors (Lipinski definition) is 1. The molecule has 0 unspecified atom stereocenters. The molecule has 4 heteroatoms. The van der Waals surface area contributed by atoms with Crippen LogP contribution in [0, 0.1) is 0 Å². The number of nitrogens with one attached hydrogen (secondary N) is 1. The summed E-state index contributed by atoms with van der Waals surface area (Å²) >= 11 is 3.50. The van der Waals surface area contributed by atoms with E-state index in [1.807, 2.05) is 42.6 Å². The first-order valence-corrected chi connectivity index (χ1v) is 7.10. The van der Waals surface area contributed by atoms with E-state index in [9.17, 15) is 0 Å². The molecule has 0 atom stereocenters. The van der Waals surface area contributed by atoms with Crippen LogP contribution in [-0.2, 0) is 13.2 Å². The van der Waals surface area contributed by atoms with Crippen LogP contribution in [0.1, 0.15) is 18.1 Å². The van der Waals surface area contributed by atoms with E-state index in [-0.39, 0.29) is 0 Å². The van der Waals surface area contributed by atoms with Crippen molar-refractivity contribution in [3.05, 3.63) is 58.2 Å². The Morgan fingerprint density at radius 2 is 2.05 bits per heavy atom. The van der Waals surface area contributed by atoms with Gasteiger partial charge in [0.1, 0.15) is 6.61 Å². The summed E-state index contributed by atoms with van der Waals surface area (Å²) in [6, 6.07) is 12.0. The van der Waals surface area contributed by atoms with Crippen LogP contribution in [0.3, 0.4) is 0 Å². The van der Waals surface area contributed by atoms with Crippen LogP contribution in [0.5, 0.6) is 5.88 Å². The molecular weight excluding hydrogens is 304 g/mol. The van der Waals surface area contributed by atoms with E-state index in [0.717, 1.165) is 28.7 Å². The van der Waals surface area contributed by atoms with Crippen LogP contribution in [0.2, 0.25) is 0 Å². The van der Waals surface area contributed by atoms with E-state index in [1.165, 1.54) is 0 Å². The molecule has 0 saturated carbocycles. The number of rotatable bonds is 6. The van der Waals surface area contributed by atoms with Crippen molar-refractivity contribution < 1.29 is 4.74 Å². The maximum Gasteiger partial charge on any atom is 0.213 e. The zero-order valence-corrected chi connectivity index (χ0v) is 12.5. The molecule has 1 aromatic heterocycles. The van der Waals surface area contributed by atoms with E-state index in [2.05, 4.69) is 33.2 Å².